The standard InChI is InChI=1S/C10H16O5/c1-4-7(8(11)12)5-6(2)10(3,15)9(13)14/h4,6,15H,5H2,1-3H3,(H,11,12)(H,13,14)/b7-4-/t6-,10-/m1/s1. The highest BCUT2D eigenvalue weighted by Gasteiger charge is 2.37. The molecule has 0 aromatic rings. The smallest absolute Gasteiger partial charge is 0.335 e. The van der Waals surface area contributed by atoms with E-state index < -0.39 is 23.5 Å². The molecule has 0 amide bonds. The third kappa shape index (κ3) is 3.36. The zero-order valence-electron chi connectivity index (χ0n) is 9.02. The molecule has 3 N–H and O–H groups in total. The minimum Gasteiger partial charge on any atom is -0.479 e. The van der Waals surface area contributed by atoms with E-state index in [2.05, 4.69) is 0 Å². The first-order valence-corrected chi connectivity index (χ1v) is 4.57. The van der Waals surface area contributed by atoms with Gasteiger partial charge in [0.15, 0.2) is 5.60 Å². The van der Waals surface area contributed by atoms with Crippen molar-refractivity contribution in [3.63, 3.8) is 0 Å². The fourth-order valence-corrected chi connectivity index (χ4v) is 1.07. The monoisotopic (exact) mass is 216 g/mol. The Hall–Kier alpha value is -1.36. The predicted octanol–water partition coefficient (Wildman–Crippen LogP) is 0.879. The maximum Gasteiger partial charge on any atom is 0.335 e. The minimum absolute atomic E-state index is 0.0190. The summed E-state index contributed by atoms with van der Waals surface area (Å²) in [4.78, 5) is 21.4. The summed E-state index contributed by atoms with van der Waals surface area (Å²) < 4.78 is 0. The van der Waals surface area contributed by atoms with Crippen molar-refractivity contribution in [1.82, 2.24) is 0 Å². The Morgan fingerprint density at radius 3 is 2.13 bits per heavy atom. The summed E-state index contributed by atoms with van der Waals surface area (Å²) in [7, 11) is 0. The summed E-state index contributed by atoms with van der Waals surface area (Å²) in [6.07, 6.45) is 1.42. The highest BCUT2D eigenvalue weighted by Crippen LogP contribution is 2.24. The normalized spacial score (nSPS) is 18.0. The molecule has 15 heavy (non-hydrogen) atoms. The number of hydrogen-bond donors (Lipinski definition) is 3. The van der Waals surface area contributed by atoms with Crippen LogP contribution in [-0.2, 0) is 9.59 Å². The number of aliphatic carboxylic acids is 2. The summed E-state index contributed by atoms with van der Waals surface area (Å²) in [5.74, 6) is -3.11. The molecule has 0 aliphatic carbocycles. The van der Waals surface area contributed by atoms with Crippen molar-refractivity contribution in [2.75, 3.05) is 0 Å². The van der Waals surface area contributed by atoms with Gasteiger partial charge in [-0.1, -0.05) is 13.0 Å². The molecule has 0 saturated carbocycles. The Kier molecular flexibility index (Phi) is 4.48. The molecule has 0 saturated heterocycles. The molecule has 0 spiro atoms. The molecule has 0 aliphatic heterocycles. The van der Waals surface area contributed by atoms with E-state index in [-0.39, 0.29) is 12.0 Å². The molecule has 0 fully saturated rings. The summed E-state index contributed by atoms with van der Waals surface area (Å²) in [5.41, 5.74) is -1.81. The Bertz CT molecular complexity index is 290. The number of allylic oxidation sites excluding steroid dienone is 1. The molecular weight excluding hydrogens is 200 g/mol. The average molecular weight is 216 g/mol. The van der Waals surface area contributed by atoms with Crippen molar-refractivity contribution in [3.8, 4) is 0 Å². The molecule has 0 aliphatic rings. The van der Waals surface area contributed by atoms with Crippen LogP contribution in [0.25, 0.3) is 0 Å². The zero-order chi connectivity index (χ0) is 12.2. The summed E-state index contributed by atoms with van der Waals surface area (Å²) >= 11 is 0. The van der Waals surface area contributed by atoms with Gasteiger partial charge < -0.3 is 15.3 Å². The molecule has 0 rings (SSSR count). The lowest BCUT2D eigenvalue weighted by Gasteiger charge is -2.25. The van der Waals surface area contributed by atoms with Crippen LogP contribution in [0.4, 0.5) is 0 Å². The number of carboxylic acid groups (broad SMARTS) is 2. The third-order valence-corrected chi connectivity index (χ3v) is 2.54. The fourth-order valence-electron chi connectivity index (χ4n) is 1.07. The van der Waals surface area contributed by atoms with Gasteiger partial charge in [0.1, 0.15) is 0 Å². The second-order valence-electron chi connectivity index (χ2n) is 3.68. The van der Waals surface area contributed by atoms with E-state index in [0.29, 0.717) is 0 Å². The molecule has 86 valence electrons. The van der Waals surface area contributed by atoms with Gasteiger partial charge in [-0.15, -0.1) is 0 Å². The summed E-state index contributed by atoms with van der Waals surface area (Å²) in [6, 6.07) is 0. The summed E-state index contributed by atoms with van der Waals surface area (Å²) in [6.45, 7) is 4.22. The van der Waals surface area contributed by atoms with Crippen LogP contribution >= 0.6 is 0 Å². The molecule has 0 aromatic heterocycles. The average Bonchev–Trinajstić information content (AvgIpc) is 2.12. The number of aliphatic hydroxyl groups is 1. The van der Waals surface area contributed by atoms with Gasteiger partial charge in [-0.2, -0.15) is 0 Å². The molecule has 0 bridgehead atoms. The van der Waals surface area contributed by atoms with Crippen LogP contribution in [0.1, 0.15) is 27.2 Å². The first-order chi connectivity index (χ1) is 6.73. The molecule has 5 heteroatoms. The van der Waals surface area contributed by atoms with Crippen LogP contribution in [0.2, 0.25) is 0 Å². The Labute approximate surface area is 88.0 Å². The lowest BCUT2D eigenvalue weighted by Crippen LogP contribution is -2.42. The highest BCUT2D eigenvalue weighted by molar-refractivity contribution is 5.86. The van der Waals surface area contributed by atoms with Gasteiger partial charge in [-0.05, 0) is 26.2 Å². The molecule has 0 radical (unpaired) electrons. The minimum atomic E-state index is -1.91. The van der Waals surface area contributed by atoms with Gasteiger partial charge in [0.2, 0.25) is 0 Å². The number of carboxylic acids is 2. The van der Waals surface area contributed by atoms with E-state index >= 15 is 0 Å². The Morgan fingerprint density at radius 1 is 1.40 bits per heavy atom. The molecule has 5 nitrogen and oxygen atoms in total. The second-order valence-corrected chi connectivity index (χ2v) is 3.68. The number of hydrogen-bond acceptors (Lipinski definition) is 3. The lowest BCUT2D eigenvalue weighted by atomic mass is 9.85. The Balaban J connectivity index is 4.69. The van der Waals surface area contributed by atoms with Gasteiger partial charge in [0.05, 0.1) is 0 Å². The van der Waals surface area contributed by atoms with E-state index in [1.54, 1.807) is 6.92 Å². The quantitative estimate of drug-likeness (QED) is 0.593. The maximum atomic E-state index is 10.7. The first-order valence-electron chi connectivity index (χ1n) is 4.57. The van der Waals surface area contributed by atoms with Gasteiger partial charge in [-0.25, -0.2) is 9.59 Å². The first kappa shape index (κ1) is 13.6. The SMILES string of the molecule is C/C=C(/C[C@@H](C)[C@@](C)(O)C(=O)O)C(=O)O. The topological polar surface area (TPSA) is 94.8 Å². The van der Waals surface area contributed by atoms with Crippen molar-refractivity contribution in [2.24, 2.45) is 5.92 Å². The van der Waals surface area contributed by atoms with E-state index in [4.69, 9.17) is 10.2 Å². The molecule has 2 atom stereocenters. The predicted molar refractivity (Wildman–Crippen MR) is 53.4 cm³/mol. The summed E-state index contributed by atoms with van der Waals surface area (Å²) in [5, 5.41) is 27.0. The van der Waals surface area contributed by atoms with Crippen molar-refractivity contribution >= 4 is 11.9 Å². The Morgan fingerprint density at radius 2 is 1.87 bits per heavy atom. The van der Waals surface area contributed by atoms with E-state index in [1.165, 1.54) is 13.0 Å². The van der Waals surface area contributed by atoms with Crippen LogP contribution in [0.5, 0.6) is 0 Å². The fraction of sp³-hybridized carbons (Fsp3) is 0.600. The van der Waals surface area contributed by atoms with Gasteiger partial charge in [-0.3, -0.25) is 0 Å². The second kappa shape index (κ2) is 4.93. The molecule has 0 unspecified atom stereocenters. The lowest BCUT2D eigenvalue weighted by molar-refractivity contribution is -0.162. The zero-order valence-corrected chi connectivity index (χ0v) is 9.02. The van der Waals surface area contributed by atoms with E-state index in [0.717, 1.165) is 6.92 Å². The van der Waals surface area contributed by atoms with Crippen LogP contribution in [0.3, 0.4) is 0 Å². The van der Waals surface area contributed by atoms with Crippen molar-refractivity contribution in [1.29, 1.82) is 0 Å². The maximum absolute atomic E-state index is 10.7. The van der Waals surface area contributed by atoms with Crippen molar-refractivity contribution in [2.45, 2.75) is 32.8 Å². The van der Waals surface area contributed by atoms with Gasteiger partial charge in [0.25, 0.3) is 0 Å². The van der Waals surface area contributed by atoms with Crippen LogP contribution in [0.15, 0.2) is 11.6 Å². The van der Waals surface area contributed by atoms with E-state index in [9.17, 15) is 14.7 Å². The van der Waals surface area contributed by atoms with Crippen LogP contribution in [0, 0.1) is 5.92 Å². The molecule has 0 heterocycles. The van der Waals surface area contributed by atoms with Gasteiger partial charge in [0, 0.05) is 5.57 Å². The highest BCUT2D eigenvalue weighted by atomic mass is 16.4. The molecular formula is C10H16O5. The van der Waals surface area contributed by atoms with Crippen LogP contribution < -0.4 is 0 Å². The molecule has 0 aromatic carbocycles. The number of carbonyl (C=O) groups is 2. The van der Waals surface area contributed by atoms with E-state index in [1.807, 2.05) is 0 Å². The van der Waals surface area contributed by atoms with Crippen molar-refractivity contribution < 1.29 is 24.9 Å². The third-order valence-electron chi connectivity index (χ3n) is 2.54. The van der Waals surface area contributed by atoms with Gasteiger partial charge >= 0.3 is 11.9 Å². The largest absolute Gasteiger partial charge is 0.479 e. The van der Waals surface area contributed by atoms with Crippen molar-refractivity contribution in [3.05, 3.63) is 11.6 Å². The van der Waals surface area contributed by atoms with Crippen LogP contribution in [-0.4, -0.2) is 32.9 Å². The number of rotatable bonds is 5.